The number of ether oxygens (including phenoxy) is 1. The molecule has 0 aromatic heterocycles. The summed E-state index contributed by atoms with van der Waals surface area (Å²) in [6.07, 6.45) is 0.918. The van der Waals surface area contributed by atoms with Crippen LogP contribution in [0.5, 0.6) is 0 Å². The highest BCUT2D eigenvalue weighted by atomic mass is 19.1. The Labute approximate surface area is 141 Å². The second-order valence-electron chi connectivity index (χ2n) is 7.35. The Kier molecular flexibility index (Phi) is 4.88. The van der Waals surface area contributed by atoms with E-state index in [9.17, 15) is 13.6 Å². The lowest BCUT2D eigenvalue weighted by atomic mass is 9.87. The molecule has 0 aliphatic carbocycles. The van der Waals surface area contributed by atoms with Gasteiger partial charge in [0.2, 0.25) is 5.91 Å². The van der Waals surface area contributed by atoms with E-state index in [1.807, 2.05) is 18.7 Å². The van der Waals surface area contributed by atoms with Crippen LogP contribution < -0.4 is 0 Å². The predicted octanol–water partition coefficient (Wildman–Crippen LogP) is 2.42. The van der Waals surface area contributed by atoms with E-state index >= 15 is 0 Å². The topological polar surface area (TPSA) is 32.8 Å². The number of carbonyl (C=O) groups is 1. The number of hydrogen-bond donors (Lipinski definition) is 0. The van der Waals surface area contributed by atoms with Gasteiger partial charge in [0.05, 0.1) is 6.61 Å². The van der Waals surface area contributed by atoms with Gasteiger partial charge in [-0.05, 0) is 44.5 Å². The maximum Gasteiger partial charge on any atom is 0.248 e. The van der Waals surface area contributed by atoms with Gasteiger partial charge in [-0.25, -0.2) is 8.78 Å². The van der Waals surface area contributed by atoms with E-state index in [1.54, 1.807) is 0 Å². The minimum atomic E-state index is -0.548. The maximum atomic E-state index is 13.4. The number of halogens is 2. The normalized spacial score (nSPS) is 25.7. The molecule has 2 saturated heterocycles. The lowest BCUT2D eigenvalue weighted by Crippen LogP contribution is -2.45. The Morgan fingerprint density at radius 2 is 1.92 bits per heavy atom. The Hall–Kier alpha value is -1.53. The van der Waals surface area contributed by atoms with Crippen LogP contribution in [-0.4, -0.2) is 54.6 Å². The second-order valence-corrected chi connectivity index (χ2v) is 7.35. The zero-order valence-corrected chi connectivity index (χ0v) is 14.2. The van der Waals surface area contributed by atoms with Gasteiger partial charge in [-0.1, -0.05) is 0 Å². The number of likely N-dealkylation sites (tertiary alicyclic amines) is 1. The zero-order valence-electron chi connectivity index (χ0n) is 14.2. The molecule has 1 unspecified atom stereocenters. The average Bonchev–Trinajstić information content (AvgIpc) is 2.77. The first-order valence-electron chi connectivity index (χ1n) is 8.41. The van der Waals surface area contributed by atoms with Crippen LogP contribution in [0.25, 0.3) is 0 Å². The summed E-state index contributed by atoms with van der Waals surface area (Å²) >= 11 is 0. The molecular formula is C18H24F2N2O2. The van der Waals surface area contributed by atoms with Gasteiger partial charge in [0.1, 0.15) is 18.2 Å². The number of benzene rings is 1. The summed E-state index contributed by atoms with van der Waals surface area (Å²) in [5.41, 5.74) is 0.540. The minimum Gasteiger partial charge on any atom is -0.371 e. The van der Waals surface area contributed by atoms with E-state index in [4.69, 9.17) is 4.74 Å². The van der Waals surface area contributed by atoms with Crippen LogP contribution >= 0.6 is 0 Å². The molecular weight excluding hydrogens is 314 g/mol. The molecule has 24 heavy (non-hydrogen) atoms. The first kappa shape index (κ1) is 17.3. The molecule has 1 aromatic carbocycles. The monoisotopic (exact) mass is 338 g/mol. The lowest BCUT2D eigenvalue weighted by Gasteiger charge is -2.34. The Morgan fingerprint density at radius 3 is 2.58 bits per heavy atom. The summed E-state index contributed by atoms with van der Waals surface area (Å²) < 4.78 is 32.4. The van der Waals surface area contributed by atoms with Crippen LogP contribution in [0.1, 0.15) is 25.8 Å². The van der Waals surface area contributed by atoms with E-state index in [0.29, 0.717) is 25.3 Å². The summed E-state index contributed by atoms with van der Waals surface area (Å²) in [6, 6.07) is 3.78. The molecule has 132 valence electrons. The van der Waals surface area contributed by atoms with Crippen molar-refractivity contribution in [2.45, 2.75) is 32.9 Å². The van der Waals surface area contributed by atoms with Crippen molar-refractivity contribution in [3.8, 4) is 0 Å². The molecule has 2 fully saturated rings. The van der Waals surface area contributed by atoms with Gasteiger partial charge >= 0.3 is 0 Å². The van der Waals surface area contributed by atoms with Gasteiger partial charge < -0.3 is 9.64 Å². The third kappa shape index (κ3) is 3.75. The van der Waals surface area contributed by atoms with Crippen molar-refractivity contribution < 1.29 is 18.3 Å². The fourth-order valence-corrected chi connectivity index (χ4v) is 3.77. The van der Waals surface area contributed by atoms with Crippen molar-refractivity contribution in [3.63, 3.8) is 0 Å². The van der Waals surface area contributed by atoms with Gasteiger partial charge in [0.15, 0.2) is 0 Å². The maximum absolute atomic E-state index is 13.4. The fourth-order valence-electron chi connectivity index (χ4n) is 3.77. The summed E-state index contributed by atoms with van der Waals surface area (Å²) in [6.45, 7) is 7.50. The van der Waals surface area contributed by atoms with Crippen LogP contribution in [0.2, 0.25) is 0 Å². The van der Waals surface area contributed by atoms with E-state index in [0.717, 1.165) is 25.6 Å². The number of amides is 1. The molecule has 0 bridgehead atoms. The zero-order chi connectivity index (χ0) is 17.3. The van der Waals surface area contributed by atoms with E-state index in [1.165, 1.54) is 12.1 Å². The molecule has 4 nitrogen and oxygen atoms in total. The third-order valence-electron chi connectivity index (χ3n) is 4.93. The Morgan fingerprint density at radius 1 is 1.21 bits per heavy atom. The molecule has 0 saturated carbocycles. The fraction of sp³-hybridized carbons (Fsp3) is 0.611. The molecule has 1 aromatic rings. The van der Waals surface area contributed by atoms with Crippen LogP contribution in [0.3, 0.4) is 0 Å². The van der Waals surface area contributed by atoms with Crippen LogP contribution in [0.4, 0.5) is 8.78 Å². The molecule has 2 aliphatic heterocycles. The standard InChI is InChI=1S/C18H24F2N2O2/c1-13(2)22-11-18(12-24-9-17(22)23)3-4-21(10-18)8-14-5-15(19)7-16(20)6-14/h5-7,13H,3-4,8-12H2,1-2H3. The smallest absolute Gasteiger partial charge is 0.248 e. The highest BCUT2D eigenvalue weighted by molar-refractivity contribution is 5.78. The van der Waals surface area contributed by atoms with Crippen LogP contribution in [0, 0.1) is 17.0 Å². The van der Waals surface area contributed by atoms with Crippen molar-refractivity contribution in [3.05, 3.63) is 35.4 Å². The number of nitrogens with zero attached hydrogens (tertiary/aromatic N) is 2. The third-order valence-corrected chi connectivity index (χ3v) is 4.93. The van der Waals surface area contributed by atoms with Gasteiger partial charge in [0.25, 0.3) is 0 Å². The number of rotatable bonds is 3. The van der Waals surface area contributed by atoms with Crippen LogP contribution in [-0.2, 0) is 16.1 Å². The van der Waals surface area contributed by atoms with Crippen molar-refractivity contribution in [2.24, 2.45) is 5.41 Å². The molecule has 0 radical (unpaired) electrons. The molecule has 1 amide bonds. The molecule has 0 N–H and O–H groups in total. The van der Waals surface area contributed by atoms with Crippen molar-refractivity contribution >= 4 is 5.91 Å². The Bertz CT molecular complexity index is 603. The lowest BCUT2D eigenvalue weighted by molar-refractivity contribution is -0.135. The van der Waals surface area contributed by atoms with E-state index < -0.39 is 11.6 Å². The van der Waals surface area contributed by atoms with Crippen molar-refractivity contribution in [1.29, 1.82) is 0 Å². The van der Waals surface area contributed by atoms with E-state index in [2.05, 4.69) is 4.90 Å². The SMILES string of the molecule is CC(C)N1CC2(CCN(Cc3cc(F)cc(F)c3)C2)COCC1=O. The van der Waals surface area contributed by atoms with Crippen molar-refractivity contribution in [1.82, 2.24) is 9.80 Å². The first-order chi connectivity index (χ1) is 11.4. The highest BCUT2D eigenvalue weighted by Gasteiger charge is 2.43. The summed E-state index contributed by atoms with van der Waals surface area (Å²) in [5, 5.41) is 0. The first-order valence-corrected chi connectivity index (χ1v) is 8.41. The van der Waals surface area contributed by atoms with Gasteiger partial charge in [-0.3, -0.25) is 9.69 Å². The minimum absolute atomic E-state index is 0.0347. The summed E-state index contributed by atoms with van der Waals surface area (Å²) in [5.74, 6) is -1.06. The quantitative estimate of drug-likeness (QED) is 0.849. The van der Waals surface area contributed by atoms with Gasteiger partial charge in [0, 0.05) is 37.2 Å². The predicted molar refractivity (Wildman–Crippen MR) is 86.4 cm³/mol. The molecule has 2 aliphatic rings. The summed E-state index contributed by atoms with van der Waals surface area (Å²) in [4.78, 5) is 16.2. The second kappa shape index (κ2) is 6.76. The van der Waals surface area contributed by atoms with Gasteiger partial charge in [-0.15, -0.1) is 0 Å². The Balaban J connectivity index is 1.70. The molecule has 6 heteroatoms. The highest BCUT2D eigenvalue weighted by Crippen LogP contribution is 2.35. The molecule has 3 rings (SSSR count). The number of hydrogen-bond acceptors (Lipinski definition) is 3. The van der Waals surface area contributed by atoms with E-state index in [-0.39, 0.29) is 24.0 Å². The molecule has 1 spiro atoms. The molecule has 2 heterocycles. The largest absolute Gasteiger partial charge is 0.371 e. The average molecular weight is 338 g/mol. The number of carbonyl (C=O) groups excluding carboxylic acids is 1. The van der Waals surface area contributed by atoms with Crippen molar-refractivity contribution in [2.75, 3.05) is 32.8 Å². The van der Waals surface area contributed by atoms with Gasteiger partial charge in [-0.2, -0.15) is 0 Å². The van der Waals surface area contributed by atoms with Crippen LogP contribution in [0.15, 0.2) is 18.2 Å². The molecule has 1 atom stereocenters. The summed E-state index contributed by atoms with van der Waals surface area (Å²) in [7, 11) is 0.